The van der Waals surface area contributed by atoms with Crippen molar-refractivity contribution in [3.8, 4) is 5.82 Å². The Hall–Kier alpha value is -2.51. The highest BCUT2D eigenvalue weighted by molar-refractivity contribution is 5.27. The Bertz CT molecular complexity index is 794. The summed E-state index contributed by atoms with van der Waals surface area (Å²) >= 11 is 0. The molecule has 0 bridgehead atoms. The van der Waals surface area contributed by atoms with Crippen molar-refractivity contribution in [3.63, 3.8) is 0 Å². The van der Waals surface area contributed by atoms with Gasteiger partial charge in [-0.25, -0.2) is 14.6 Å². The topological polar surface area (TPSA) is 92.7 Å². The molecule has 0 spiro atoms. The van der Waals surface area contributed by atoms with E-state index in [-0.39, 0.29) is 17.8 Å². The summed E-state index contributed by atoms with van der Waals surface area (Å²) in [6.07, 6.45) is 5.92. The Morgan fingerprint density at radius 2 is 2.00 bits per heavy atom. The second kappa shape index (κ2) is 6.94. The summed E-state index contributed by atoms with van der Waals surface area (Å²) < 4.78 is 13.9. The summed E-state index contributed by atoms with van der Waals surface area (Å²) in [4.78, 5) is 34.3. The normalized spacial score (nSPS) is 16.8. The van der Waals surface area contributed by atoms with Gasteiger partial charge in [-0.1, -0.05) is 25.3 Å². The summed E-state index contributed by atoms with van der Waals surface area (Å²) in [6.45, 7) is 2.02. The molecular formula is C16H20FN5O2. The van der Waals surface area contributed by atoms with Crippen LogP contribution in [0.15, 0.2) is 27.8 Å². The predicted molar refractivity (Wildman–Crippen MR) is 87.9 cm³/mol. The molecule has 1 aliphatic carbocycles. The van der Waals surface area contributed by atoms with Gasteiger partial charge in [0, 0.05) is 6.04 Å². The molecule has 1 saturated carbocycles. The fraction of sp³-hybridized carbons (Fsp3) is 0.500. The average molecular weight is 333 g/mol. The van der Waals surface area contributed by atoms with E-state index in [1.165, 1.54) is 31.4 Å². The minimum atomic E-state index is -0.796. The van der Waals surface area contributed by atoms with E-state index in [2.05, 4.69) is 20.3 Å². The van der Waals surface area contributed by atoms with E-state index < -0.39 is 17.3 Å². The zero-order valence-electron chi connectivity index (χ0n) is 13.5. The molecule has 2 aromatic rings. The first-order valence-corrected chi connectivity index (χ1v) is 8.17. The van der Waals surface area contributed by atoms with Crippen molar-refractivity contribution in [1.82, 2.24) is 19.5 Å². The monoisotopic (exact) mass is 333 g/mol. The molecule has 0 saturated heterocycles. The van der Waals surface area contributed by atoms with Gasteiger partial charge in [-0.2, -0.15) is 13.9 Å². The Kier molecular flexibility index (Phi) is 4.73. The minimum absolute atomic E-state index is 0.0966. The number of aromatic nitrogens is 4. The van der Waals surface area contributed by atoms with Gasteiger partial charge in [0.15, 0.2) is 0 Å². The molecule has 3 rings (SSSR count). The van der Waals surface area contributed by atoms with Crippen molar-refractivity contribution in [2.75, 3.05) is 5.32 Å². The highest BCUT2D eigenvalue weighted by atomic mass is 19.1. The number of H-pyrrole nitrogens is 1. The van der Waals surface area contributed by atoms with E-state index >= 15 is 0 Å². The Morgan fingerprint density at radius 1 is 1.25 bits per heavy atom. The molecule has 1 fully saturated rings. The molecule has 1 aliphatic rings. The fourth-order valence-electron chi connectivity index (χ4n) is 3.18. The number of hydrogen-bond donors (Lipinski definition) is 2. The van der Waals surface area contributed by atoms with Crippen LogP contribution >= 0.6 is 0 Å². The largest absolute Gasteiger partial charge is 0.360 e. The third-order valence-corrected chi connectivity index (χ3v) is 4.48. The summed E-state index contributed by atoms with van der Waals surface area (Å²) in [5.74, 6) is -0.236. The van der Waals surface area contributed by atoms with Crippen LogP contribution in [0.5, 0.6) is 0 Å². The summed E-state index contributed by atoms with van der Waals surface area (Å²) in [7, 11) is 0. The number of rotatable bonds is 4. The average Bonchev–Trinajstić information content (AvgIpc) is 2.55. The van der Waals surface area contributed by atoms with Crippen molar-refractivity contribution in [1.29, 1.82) is 0 Å². The van der Waals surface area contributed by atoms with Crippen LogP contribution in [0.2, 0.25) is 0 Å². The van der Waals surface area contributed by atoms with Gasteiger partial charge in [-0.05, 0) is 37.8 Å². The maximum Gasteiger partial charge on any atom is 0.360 e. The number of nitrogens with one attached hydrogen (secondary N) is 2. The van der Waals surface area contributed by atoms with Crippen molar-refractivity contribution in [2.24, 2.45) is 5.92 Å². The molecule has 8 heteroatoms. The number of nitrogens with zero attached hydrogens (tertiary/aromatic N) is 3. The minimum Gasteiger partial charge on any atom is -0.353 e. The van der Waals surface area contributed by atoms with E-state index in [1.807, 2.05) is 6.92 Å². The quantitative estimate of drug-likeness (QED) is 0.833. The van der Waals surface area contributed by atoms with Crippen molar-refractivity contribution < 1.29 is 4.39 Å². The Morgan fingerprint density at radius 3 is 2.67 bits per heavy atom. The number of aromatic amines is 1. The zero-order valence-corrected chi connectivity index (χ0v) is 13.5. The van der Waals surface area contributed by atoms with Crippen LogP contribution in [0.1, 0.15) is 39.0 Å². The molecule has 7 nitrogen and oxygen atoms in total. The molecule has 24 heavy (non-hydrogen) atoms. The molecule has 1 atom stereocenters. The smallest absolute Gasteiger partial charge is 0.353 e. The van der Waals surface area contributed by atoms with E-state index in [1.54, 1.807) is 0 Å². The zero-order chi connectivity index (χ0) is 17.1. The van der Waals surface area contributed by atoms with Gasteiger partial charge in [0.1, 0.15) is 5.82 Å². The van der Waals surface area contributed by atoms with Gasteiger partial charge in [-0.3, -0.25) is 4.98 Å². The predicted octanol–water partition coefficient (Wildman–Crippen LogP) is 1.84. The van der Waals surface area contributed by atoms with Gasteiger partial charge >= 0.3 is 11.4 Å². The third kappa shape index (κ3) is 3.52. The van der Waals surface area contributed by atoms with Crippen molar-refractivity contribution >= 4 is 5.95 Å². The Labute approximate surface area is 138 Å². The summed E-state index contributed by atoms with van der Waals surface area (Å²) in [5.41, 5.74) is -1.50. The van der Waals surface area contributed by atoms with E-state index in [0.717, 1.165) is 18.9 Å². The lowest BCUT2D eigenvalue weighted by Gasteiger charge is -2.28. The molecule has 2 heterocycles. The van der Waals surface area contributed by atoms with Gasteiger partial charge in [-0.15, -0.1) is 0 Å². The maximum atomic E-state index is 13.2. The lowest BCUT2D eigenvalue weighted by Crippen LogP contribution is -2.38. The first-order valence-electron chi connectivity index (χ1n) is 8.17. The third-order valence-electron chi connectivity index (χ3n) is 4.48. The number of hydrogen-bond acceptors (Lipinski definition) is 5. The lowest BCUT2D eigenvalue weighted by atomic mass is 9.85. The van der Waals surface area contributed by atoms with Crippen molar-refractivity contribution in [2.45, 2.75) is 45.1 Å². The van der Waals surface area contributed by atoms with Crippen LogP contribution in [-0.4, -0.2) is 25.6 Å². The molecular weight excluding hydrogens is 313 g/mol. The second-order valence-electron chi connectivity index (χ2n) is 6.16. The van der Waals surface area contributed by atoms with Gasteiger partial charge < -0.3 is 5.32 Å². The van der Waals surface area contributed by atoms with E-state index in [0.29, 0.717) is 10.5 Å². The first-order chi connectivity index (χ1) is 11.5. The molecule has 0 amide bonds. The van der Waals surface area contributed by atoms with Crippen LogP contribution in [-0.2, 0) is 0 Å². The van der Waals surface area contributed by atoms with Crippen LogP contribution in [0.25, 0.3) is 5.82 Å². The lowest BCUT2D eigenvalue weighted by molar-refractivity contribution is 0.327. The summed E-state index contributed by atoms with van der Waals surface area (Å²) in [6, 6.07) is 3.99. The van der Waals surface area contributed by atoms with Crippen LogP contribution in [0.4, 0.5) is 10.3 Å². The molecule has 0 radical (unpaired) electrons. The van der Waals surface area contributed by atoms with Crippen LogP contribution in [0, 0.1) is 11.9 Å². The molecule has 2 aromatic heterocycles. The fourth-order valence-corrected chi connectivity index (χ4v) is 3.18. The second-order valence-corrected chi connectivity index (χ2v) is 6.16. The Balaban J connectivity index is 1.84. The molecule has 0 aromatic carbocycles. The highest BCUT2D eigenvalue weighted by Crippen LogP contribution is 2.27. The molecule has 0 unspecified atom stereocenters. The molecule has 128 valence electrons. The highest BCUT2D eigenvalue weighted by Gasteiger charge is 2.21. The van der Waals surface area contributed by atoms with E-state index in [9.17, 15) is 14.0 Å². The number of pyridine rings is 1. The number of anilines is 1. The van der Waals surface area contributed by atoms with E-state index in [4.69, 9.17) is 0 Å². The summed E-state index contributed by atoms with van der Waals surface area (Å²) in [5, 5.41) is 3.11. The standard InChI is InChI=1S/C16H20FN5O2/c1-10(11-6-3-2-4-7-11)18-14-20-15(23)22(16(24)21-14)13-9-5-8-12(17)19-13/h5,8-11H,2-4,6-7H2,1H3,(H2,18,20,21,23,24)/t10-/m0/s1. The molecule has 0 aliphatic heterocycles. The van der Waals surface area contributed by atoms with Crippen LogP contribution in [0.3, 0.4) is 0 Å². The molecule has 2 N–H and O–H groups in total. The van der Waals surface area contributed by atoms with Crippen LogP contribution < -0.4 is 16.7 Å². The maximum absolute atomic E-state index is 13.2. The number of halogens is 1. The first kappa shape index (κ1) is 16.4. The van der Waals surface area contributed by atoms with Gasteiger partial charge in [0.05, 0.1) is 0 Å². The van der Waals surface area contributed by atoms with Crippen molar-refractivity contribution in [3.05, 3.63) is 45.1 Å². The van der Waals surface area contributed by atoms with Gasteiger partial charge in [0.2, 0.25) is 11.9 Å². The SMILES string of the molecule is C[C@H](Nc1nc(=O)n(-c2cccc(F)n2)c(=O)[nH]1)C1CCCCC1. The van der Waals surface area contributed by atoms with Gasteiger partial charge in [0.25, 0.3) is 0 Å².